The van der Waals surface area contributed by atoms with Crippen LogP contribution >= 0.6 is 0 Å². The van der Waals surface area contributed by atoms with Crippen LogP contribution < -0.4 is 5.32 Å². The molecule has 0 aliphatic heterocycles. The summed E-state index contributed by atoms with van der Waals surface area (Å²) in [5.74, 6) is -0.216. The van der Waals surface area contributed by atoms with Crippen LogP contribution in [0.3, 0.4) is 0 Å². The van der Waals surface area contributed by atoms with Gasteiger partial charge >= 0.3 is 0 Å². The van der Waals surface area contributed by atoms with Gasteiger partial charge in [0.25, 0.3) is 0 Å². The maximum Gasteiger partial charge on any atom is 0.235 e. The lowest BCUT2D eigenvalue weighted by molar-refractivity contribution is -0.121. The lowest BCUT2D eigenvalue weighted by atomic mass is 9.97. The molecule has 122 valence electrons. The van der Waals surface area contributed by atoms with Crippen LogP contribution in [0.15, 0.2) is 11.6 Å². The van der Waals surface area contributed by atoms with E-state index in [9.17, 15) is 13.2 Å². The van der Waals surface area contributed by atoms with Crippen LogP contribution in [0.2, 0.25) is 0 Å². The molecule has 6 heteroatoms. The van der Waals surface area contributed by atoms with Crippen molar-refractivity contribution in [2.75, 3.05) is 25.9 Å². The molecule has 0 aromatic heterocycles. The Morgan fingerprint density at radius 2 is 2.14 bits per heavy atom. The smallest absolute Gasteiger partial charge is 0.235 e. The van der Waals surface area contributed by atoms with Crippen LogP contribution in [0.1, 0.15) is 51.9 Å². The third kappa shape index (κ3) is 7.62. The molecule has 0 aromatic rings. The van der Waals surface area contributed by atoms with Gasteiger partial charge in [-0.3, -0.25) is 4.79 Å². The van der Waals surface area contributed by atoms with Gasteiger partial charge in [0.1, 0.15) is 0 Å². The summed E-state index contributed by atoms with van der Waals surface area (Å²) in [5.41, 5.74) is 1.32. The highest BCUT2D eigenvalue weighted by Gasteiger charge is 2.20. The molecule has 1 aliphatic rings. The van der Waals surface area contributed by atoms with Gasteiger partial charge in [-0.1, -0.05) is 25.0 Å². The second kappa shape index (κ2) is 9.20. The van der Waals surface area contributed by atoms with E-state index in [4.69, 9.17) is 0 Å². The fraction of sp³-hybridized carbons (Fsp3) is 0.800. The summed E-state index contributed by atoms with van der Waals surface area (Å²) in [6, 6.07) is 0. The predicted molar refractivity (Wildman–Crippen MR) is 85.5 cm³/mol. The first-order valence-electron chi connectivity index (χ1n) is 7.83. The van der Waals surface area contributed by atoms with Crippen molar-refractivity contribution in [3.8, 4) is 0 Å². The summed E-state index contributed by atoms with van der Waals surface area (Å²) in [7, 11) is -3.35. The highest BCUT2D eigenvalue weighted by atomic mass is 32.2. The summed E-state index contributed by atoms with van der Waals surface area (Å²) < 4.78 is 24.9. The predicted octanol–water partition coefficient (Wildman–Crippen LogP) is 2.05. The standard InChI is InChI=1S/C15H28N2O3S/c1-3-4-11-16-15(18)13-17(21(2,19)20)12-10-14-8-6-5-7-9-14/h8H,3-7,9-13H2,1-2H3,(H,16,18). The van der Waals surface area contributed by atoms with Crippen molar-refractivity contribution in [2.24, 2.45) is 0 Å². The van der Waals surface area contributed by atoms with Crippen molar-refractivity contribution in [2.45, 2.75) is 51.9 Å². The van der Waals surface area contributed by atoms with E-state index in [0.29, 0.717) is 13.1 Å². The van der Waals surface area contributed by atoms with E-state index < -0.39 is 10.0 Å². The van der Waals surface area contributed by atoms with Crippen molar-refractivity contribution in [1.82, 2.24) is 9.62 Å². The van der Waals surface area contributed by atoms with E-state index in [-0.39, 0.29) is 12.5 Å². The minimum Gasteiger partial charge on any atom is -0.355 e. The molecule has 0 fully saturated rings. The van der Waals surface area contributed by atoms with Gasteiger partial charge in [0.05, 0.1) is 12.8 Å². The normalized spacial score (nSPS) is 15.9. The van der Waals surface area contributed by atoms with Gasteiger partial charge in [-0.2, -0.15) is 4.31 Å². The first-order valence-corrected chi connectivity index (χ1v) is 9.68. The van der Waals surface area contributed by atoms with Crippen LogP contribution in [0, 0.1) is 0 Å². The molecule has 1 N–H and O–H groups in total. The molecule has 0 unspecified atom stereocenters. The van der Waals surface area contributed by atoms with Crippen LogP contribution in [0.5, 0.6) is 0 Å². The zero-order valence-electron chi connectivity index (χ0n) is 13.2. The fourth-order valence-electron chi connectivity index (χ4n) is 2.38. The monoisotopic (exact) mass is 316 g/mol. The first-order chi connectivity index (χ1) is 9.93. The third-order valence-corrected chi connectivity index (χ3v) is 4.96. The Morgan fingerprint density at radius 3 is 2.71 bits per heavy atom. The Hall–Kier alpha value is -0.880. The van der Waals surface area contributed by atoms with Gasteiger partial charge in [-0.25, -0.2) is 8.42 Å². The largest absolute Gasteiger partial charge is 0.355 e. The molecule has 0 spiro atoms. The number of nitrogens with one attached hydrogen (secondary N) is 1. The Morgan fingerprint density at radius 1 is 1.38 bits per heavy atom. The molecular weight excluding hydrogens is 288 g/mol. The Labute approximate surface area is 128 Å². The second-order valence-electron chi connectivity index (χ2n) is 5.66. The van der Waals surface area contributed by atoms with E-state index in [2.05, 4.69) is 11.4 Å². The summed E-state index contributed by atoms with van der Waals surface area (Å²) >= 11 is 0. The number of hydrogen-bond acceptors (Lipinski definition) is 3. The van der Waals surface area contributed by atoms with Crippen LogP contribution in [0.4, 0.5) is 0 Å². The summed E-state index contributed by atoms with van der Waals surface area (Å²) in [5, 5.41) is 2.76. The molecular formula is C15H28N2O3S. The zero-order valence-corrected chi connectivity index (χ0v) is 14.0. The number of amides is 1. The summed E-state index contributed by atoms with van der Waals surface area (Å²) in [6.45, 7) is 2.98. The van der Waals surface area contributed by atoms with Crippen molar-refractivity contribution < 1.29 is 13.2 Å². The number of carbonyl (C=O) groups is 1. The second-order valence-corrected chi connectivity index (χ2v) is 7.64. The summed E-state index contributed by atoms with van der Waals surface area (Å²) in [6.07, 6.45) is 10.6. The van der Waals surface area contributed by atoms with Gasteiger partial charge < -0.3 is 5.32 Å². The minimum absolute atomic E-state index is 0.0736. The molecule has 0 saturated heterocycles. The van der Waals surface area contributed by atoms with Crippen molar-refractivity contribution in [3.63, 3.8) is 0 Å². The Balaban J connectivity index is 2.48. The van der Waals surface area contributed by atoms with Crippen LogP contribution in [-0.2, 0) is 14.8 Å². The third-order valence-electron chi connectivity index (χ3n) is 3.71. The molecule has 21 heavy (non-hydrogen) atoms. The van der Waals surface area contributed by atoms with Gasteiger partial charge in [0.15, 0.2) is 0 Å². The fourth-order valence-corrected chi connectivity index (χ4v) is 3.16. The maximum absolute atomic E-state index is 11.8. The van der Waals surface area contributed by atoms with E-state index >= 15 is 0 Å². The van der Waals surface area contributed by atoms with Gasteiger partial charge in [0, 0.05) is 13.1 Å². The van der Waals surface area contributed by atoms with Crippen molar-refractivity contribution in [1.29, 1.82) is 0 Å². The molecule has 1 amide bonds. The molecule has 1 rings (SSSR count). The van der Waals surface area contributed by atoms with Crippen molar-refractivity contribution >= 4 is 15.9 Å². The lowest BCUT2D eigenvalue weighted by Gasteiger charge is -2.21. The number of unbranched alkanes of at least 4 members (excludes halogenated alkanes) is 1. The highest BCUT2D eigenvalue weighted by molar-refractivity contribution is 7.88. The maximum atomic E-state index is 11.8. The van der Waals surface area contributed by atoms with Gasteiger partial charge in [-0.05, 0) is 38.5 Å². The molecule has 0 bridgehead atoms. The zero-order chi connectivity index (χ0) is 15.7. The SMILES string of the molecule is CCCCNC(=O)CN(CCC1=CCCCC1)S(C)(=O)=O. The molecule has 5 nitrogen and oxygen atoms in total. The van der Waals surface area contributed by atoms with Gasteiger partial charge in [-0.15, -0.1) is 0 Å². The number of hydrogen-bond donors (Lipinski definition) is 1. The highest BCUT2D eigenvalue weighted by Crippen LogP contribution is 2.20. The van der Waals surface area contributed by atoms with Crippen molar-refractivity contribution in [3.05, 3.63) is 11.6 Å². The van der Waals surface area contributed by atoms with E-state index in [1.165, 1.54) is 29.0 Å². The lowest BCUT2D eigenvalue weighted by Crippen LogP contribution is -2.41. The average molecular weight is 316 g/mol. The number of nitrogens with zero attached hydrogens (tertiary/aromatic N) is 1. The molecule has 1 aliphatic carbocycles. The average Bonchev–Trinajstić information content (AvgIpc) is 2.43. The number of sulfonamides is 1. The van der Waals surface area contributed by atoms with E-state index in [1.807, 2.05) is 6.92 Å². The molecule has 0 saturated carbocycles. The van der Waals surface area contributed by atoms with E-state index in [0.717, 1.165) is 32.1 Å². The molecule has 0 aromatic carbocycles. The number of allylic oxidation sites excluding steroid dienone is 1. The Kier molecular flexibility index (Phi) is 7.96. The molecule has 0 heterocycles. The topological polar surface area (TPSA) is 66.5 Å². The van der Waals surface area contributed by atoms with Gasteiger partial charge in [0.2, 0.25) is 15.9 Å². The molecule has 0 atom stereocenters. The molecule has 0 radical (unpaired) electrons. The summed E-state index contributed by atoms with van der Waals surface area (Å²) in [4.78, 5) is 11.8. The van der Waals surface area contributed by atoms with Crippen LogP contribution in [-0.4, -0.2) is 44.5 Å². The minimum atomic E-state index is -3.35. The Bertz CT molecular complexity index is 458. The first kappa shape index (κ1) is 18.2. The van der Waals surface area contributed by atoms with E-state index in [1.54, 1.807) is 0 Å². The number of carbonyl (C=O) groups excluding carboxylic acids is 1. The number of rotatable bonds is 9. The van der Waals surface area contributed by atoms with Crippen LogP contribution in [0.25, 0.3) is 0 Å². The quantitative estimate of drug-likeness (QED) is 0.523.